The summed E-state index contributed by atoms with van der Waals surface area (Å²) in [5.74, 6) is -0.0544. The summed E-state index contributed by atoms with van der Waals surface area (Å²) in [6.07, 6.45) is 6.27. The number of anilines is 1. The minimum atomic E-state index is -0.277. The van der Waals surface area contributed by atoms with E-state index in [0.29, 0.717) is 5.02 Å². The maximum Gasteiger partial charge on any atom is 0.237 e. The molecule has 1 unspecified atom stereocenters. The normalized spacial score (nSPS) is 14.8. The number of rotatable bonds is 4. The van der Waals surface area contributed by atoms with Gasteiger partial charge in [-0.3, -0.25) is 4.79 Å². The van der Waals surface area contributed by atoms with Gasteiger partial charge in [0, 0.05) is 21.0 Å². The van der Waals surface area contributed by atoms with E-state index < -0.39 is 0 Å². The van der Waals surface area contributed by atoms with E-state index in [1.54, 1.807) is 23.7 Å². The number of nitrogens with zero attached hydrogens (tertiary/aromatic N) is 2. The number of benzene rings is 1. The second-order valence-electron chi connectivity index (χ2n) is 6.78. The van der Waals surface area contributed by atoms with Crippen LogP contribution in [0.3, 0.4) is 0 Å². The number of thiophene rings is 1. The molecule has 2 aromatic heterocycles. The first-order chi connectivity index (χ1) is 13.0. The van der Waals surface area contributed by atoms with Crippen LogP contribution in [0.15, 0.2) is 29.6 Å². The van der Waals surface area contributed by atoms with Gasteiger partial charge in [0.05, 0.1) is 5.25 Å². The lowest BCUT2D eigenvalue weighted by Crippen LogP contribution is -2.23. The maximum absolute atomic E-state index is 12.7. The van der Waals surface area contributed by atoms with Gasteiger partial charge < -0.3 is 5.32 Å². The molecule has 1 amide bonds. The van der Waals surface area contributed by atoms with E-state index in [0.717, 1.165) is 39.3 Å². The molecule has 0 saturated heterocycles. The molecule has 0 fully saturated rings. The fourth-order valence-corrected chi connectivity index (χ4v) is 5.75. The van der Waals surface area contributed by atoms with E-state index in [1.807, 2.05) is 26.0 Å². The molecule has 0 spiro atoms. The van der Waals surface area contributed by atoms with Gasteiger partial charge in [-0.25, -0.2) is 9.97 Å². The van der Waals surface area contributed by atoms with Crippen molar-refractivity contribution < 1.29 is 4.79 Å². The summed E-state index contributed by atoms with van der Waals surface area (Å²) in [5.41, 5.74) is 3.13. The highest BCUT2D eigenvalue weighted by atomic mass is 35.5. The molecule has 4 nitrogen and oxygen atoms in total. The molecule has 2 heterocycles. The van der Waals surface area contributed by atoms with E-state index in [9.17, 15) is 4.79 Å². The van der Waals surface area contributed by atoms with Crippen LogP contribution >= 0.6 is 34.7 Å². The van der Waals surface area contributed by atoms with Gasteiger partial charge in [-0.05, 0) is 62.8 Å². The van der Waals surface area contributed by atoms with E-state index in [4.69, 9.17) is 11.6 Å². The van der Waals surface area contributed by atoms with E-state index in [2.05, 4.69) is 15.3 Å². The topological polar surface area (TPSA) is 54.9 Å². The Bertz CT molecular complexity index is 1020. The number of aromatic nitrogens is 2. The number of halogens is 1. The number of carbonyl (C=O) groups excluding carboxylic acids is 1. The average molecular weight is 418 g/mol. The zero-order chi connectivity index (χ0) is 19.0. The molecule has 1 N–H and O–H groups in total. The van der Waals surface area contributed by atoms with E-state index >= 15 is 0 Å². The van der Waals surface area contributed by atoms with Crippen LogP contribution in [0.2, 0.25) is 5.02 Å². The van der Waals surface area contributed by atoms with Crippen LogP contribution in [0.4, 0.5) is 5.69 Å². The molecule has 3 aromatic rings. The Morgan fingerprint density at radius 2 is 2.11 bits per heavy atom. The smallest absolute Gasteiger partial charge is 0.237 e. The molecule has 1 aliphatic rings. The summed E-state index contributed by atoms with van der Waals surface area (Å²) < 4.78 is 0. The van der Waals surface area contributed by atoms with Gasteiger partial charge in [0.15, 0.2) is 0 Å². The molecule has 0 bridgehead atoms. The second-order valence-corrected chi connectivity index (χ2v) is 9.63. The van der Waals surface area contributed by atoms with Gasteiger partial charge >= 0.3 is 0 Å². The molecule has 0 aliphatic heterocycles. The summed E-state index contributed by atoms with van der Waals surface area (Å²) in [5, 5.41) is 5.38. The highest BCUT2D eigenvalue weighted by Gasteiger charge is 2.23. The van der Waals surface area contributed by atoms with Crippen LogP contribution in [0, 0.1) is 6.92 Å². The van der Waals surface area contributed by atoms with Crippen molar-refractivity contribution in [3.63, 3.8) is 0 Å². The summed E-state index contributed by atoms with van der Waals surface area (Å²) in [7, 11) is 0. The summed E-state index contributed by atoms with van der Waals surface area (Å²) in [6.45, 7) is 3.86. The molecular weight excluding hydrogens is 398 g/mol. The Balaban J connectivity index is 1.57. The van der Waals surface area contributed by atoms with Gasteiger partial charge in [-0.2, -0.15) is 0 Å². The third kappa shape index (κ3) is 3.84. The van der Waals surface area contributed by atoms with Crippen molar-refractivity contribution in [2.24, 2.45) is 0 Å². The number of aryl methyl sites for hydroxylation is 3. The lowest BCUT2D eigenvalue weighted by Gasteiger charge is -2.15. The molecule has 140 valence electrons. The molecular formula is C20H20ClN3OS2. The van der Waals surface area contributed by atoms with Crippen molar-refractivity contribution in [3.8, 4) is 0 Å². The van der Waals surface area contributed by atoms with Gasteiger partial charge in [-0.1, -0.05) is 29.4 Å². The SMILES string of the molecule is Cc1ccc(Cl)cc1NC(=O)C(C)Sc1ncnc2sc3c(c12)CCCC3. The van der Waals surface area contributed by atoms with Crippen LogP contribution in [0.25, 0.3) is 10.2 Å². The quantitative estimate of drug-likeness (QED) is 0.440. The zero-order valence-electron chi connectivity index (χ0n) is 15.2. The molecule has 1 aromatic carbocycles. The van der Waals surface area contributed by atoms with Gasteiger partial charge in [0.1, 0.15) is 16.2 Å². The van der Waals surface area contributed by atoms with Crippen LogP contribution < -0.4 is 5.32 Å². The van der Waals surface area contributed by atoms with Crippen LogP contribution in [0.1, 0.15) is 35.8 Å². The monoisotopic (exact) mass is 417 g/mol. The molecule has 4 rings (SSSR count). The number of hydrogen-bond acceptors (Lipinski definition) is 5. The fourth-order valence-electron chi connectivity index (χ4n) is 3.33. The van der Waals surface area contributed by atoms with Gasteiger partial charge in [0.25, 0.3) is 0 Å². The molecule has 7 heteroatoms. The lowest BCUT2D eigenvalue weighted by molar-refractivity contribution is -0.115. The van der Waals surface area contributed by atoms with E-state index in [1.165, 1.54) is 35.0 Å². The fraction of sp³-hybridized carbons (Fsp3) is 0.350. The Morgan fingerprint density at radius 1 is 1.30 bits per heavy atom. The van der Waals surface area contributed by atoms with Crippen molar-refractivity contribution >= 4 is 56.5 Å². The summed E-state index contributed by atoms with van der Waals surface area (Å²) in [4.78, 5) is 24.2. The van der Waals surface area contributed by atoms with E-state index in [-0.39, 0.29) is 11.2 Å². The number of thioether (sulfide) groups is 1. The highest BCUT2D eigenvalue weighted by Crippen LogP contribution is 2.40. The van der Waals surface area contributed by atoms with Crippen molar-refractivity contribution in [2.75, 3.05) is 5.32 Å². The van der Waals surface area contributed by atoms with Gasteiger partial charge in [-0.15, -0.1) is 11.3 Å². The Morgan fingerprint density at radius 3 is 2.96 bits per heavy atom. The lowest BCUT2D eigenvalue weighted by atomic mass is 9.97. The minimum Gasteiger partial charge on any atom is -0.325 e. The first kappa shape index (κ1) is 18.7. The number of fused-ring (bicyclic) bond motifs is 3. The standard InChI is InChI=1S/C20H20ClN3OS2/c1-11-7-8-13(21)9-15(11)24-18(25)12(2)26-19-17-14-5-3-4-6-16(14)27-20(17)23-10-22-19/h7-10,12H,3-6H2,1-2H3,(H,24,25). The Kier molecular flexibility index (Phi) is 5.39. The van der Waals surface area contributed by atoms with Crippen molar-refractivity contribution in [1.29, 1.82) is 0 Å². The first-order valence-corrected chi connectivity index (χ1v) is 11.1. The second kappa shape index (κ2) is 7.78. The predicted octanol–water partition coefficient (Wildman–Crippen LogP) is 5.65. The predicted molar refractivity (Wildman–Crippen MR) is 114 cm³/mol. The van der Waals surface area contributed by atoms with Crippen LogP contribution in [-0.4, -0.2) is 21.1 Å². The Hall–Kier alpha value is -1.63. The van der Waals surface area contributed by atoms with Crippen molar-refractivity contribution in [2.45, 2.75) is 49.8 Å². The number of nitrogens with one attached hydrogen (secondary N) is 1. The molecule has 27 heavy (non-hydrogen) atoms. The van der Waals surface area contributed by atoms with Crippen molar-refractivity contribution in [1.82, 2.24) is 9.97 Å². The number of amides is 1. The maximum atomic E-state index is 12.7. The molecule has 0 radical (unpaired) electrons. The molecule has 0 saturated carbocycles. The van der Waals surface area contributed by atoms with Crippen LogP contribution in [0.5, 0.6) is 0 Å². The minimum absolute atomic E-state index is 0.0544. The molecule has 1 atom stereocenters. The summed E-state index contributed by atoms with van der Waals surface area (Å²) >= 11 is 9.33. The van der Waals surface area contributed by atoms with Gasteiger partial charge in [0.2, 0.25) is 5.91 Å². The van der Waals surface area contributed by atoms with Crippen molar-refractivity contribution in [3.05, 3.63) is 45.6 Å². The number of carbonyl (C=O) groups is 1. The van der Waals surface area contributed by atoms with Crippen LogP contribution in [-0.2, 0) is 17.6 Å². The number of hydrogen-bond donors (Lipinski definition) is 1. The third-order valence-corrected chi connectivity index (χ3v) is 7.37. The zero-order valence-corrected chi connectivity index (χ0v) is 17.6. The molecule has 1 aliphatic carbocycles. The Labute approximate surface area is 171 Å². The first-order valence-electron chi connectivity index (χ1n) is 9.02. The summed E-state index contributed by atoms with van der Waals surface area (Å²) in [6, 6.07) is 5.51. The average Bonchev–Trinajstić information content (AvgIpc) is 3.04. The largest absolute Gasteiger partial charge is 0.325 e. The highest BCUT2D eigenvalue weighted by molar-refractivity contribution is 8.00. The third-order valence-electron chi connectivity index (χ3n) is 4.83.